The summed E-state index contributed by atoms with van der Waals surface area (Å²) in [5.41, 5.74) is 1.89. The second-order valence-corrected chi connectivity index (χ2v) is 7.19. The lowest BCUT2D eigenvalue weighted by molar-refractivity contribution is 0.201. The molecule has 0 bridgehead atoms. The van der Waals surface area contributed by atoms with Crippen molar-refractivity contribution in [3.8, 4) is 17.2 Å². The quantitative estimate of drug-likeness (QED) is 0.404. The molecule has 0 unspecified atom stereocenters. The highest BCUT2D eigenvalue weighted by Crippen LogP contribution is 2.31. The van der Waals surface area contributed by atoms with Crippen LogP contribution in [0.15, 0.2) is 63.3 Å². The number of phenolic OH excluding ortho intramolecular Hbond substituents is 2. The molecule has 0 radical (unpaired) electrons. The van der Waals surface area contributed by atoms with Crippen LogP contribution >= 0.6 is 0 Å². The number of ether oxygens (including phenoxy) is 1. The number of aliphatic hydroxyl groups is 1. The predicted octanol–water partition coefficient (Wildman–Crippen LogP) is 4.40. The van der Waals surface area contributed by atoms with Crippen LogP contribution in [0.25, 0.3) is 21.9 Å². The van der Waals surface area contributed by atoms with E-state index in [1.165, 1.54) is 24.3 Å². The summed E-state index contributed by atoms with van der Waals surface area (Å²) in [5.74, 6) is 0.0607. The zero-order valence-corrected chi connectivity index (χ0v) is 16.4. The molecule has 152 valence electrons. The van der Waals surface area contributed by atoms with Crippen LogP contribution in [-0.2, 0) is 0 Å². The van der Waals surface area contributed by atoms with Crippen LogP contribution in [-0.4, -0.2) is 28.0 Å². The monoisotopic (exact) mass is 396 g/mol. The Morgan fingerprint density at radius 3 is 2.69 bits per heavy atom. The van der Waals surface area contributed by atoms with Gasteiger partial charge >= 0.3 is 0 Å². The molecular weight excluding hydrogens is 372 g/mol. The molecule has 0 amide bonds. The number of fused-ring (bicyclic) bond motifs is 2. The standard InChI is InChI=1S/C23H24O6/c1-13(2)18(25)6-4-14(3)8-9-28-16-11-19(26)22-21(12-16)29-20-7-5-15(24)10-17(20)23(22)27/h5,7-8,10-12,18,24-26H,1,4,6,9H2,2-3H3/t18-/m1/s1. The summed E-state index contributed by atoms with van der Waals surface area (Å²) >= 11 is 0. The Hall–Kier alpha value is -3.25. The van der Waals surface area contributed by atoms with E-state index in [4.69, 9.17) is 9.15 Å². The Morgan fingerprint density at radius 2 is 1.97 bits per heavy atom. The van der Waals surface area contributed by atoms with Crippen molar-refractivity contribution in [1.82, 2.24) is 0 Å². The highest BCUT2D eigenvalue weighted by Gasteiger charge is 2.14. The Morgan fingerprint density at radius 1 is 1.21 bits per heavy atom. The first-order valence-electron chi connectivity index (χ1n) is 9.30. The summed E-state index contributed by atoms with van der Waals surface area (Å²) in [6.45, 7) is 7.75. The van der Waals surface area contributed by atoms with Crippen molar-refractivity contribution in [2.75, 3.05) is 6.61 Å². The van der Waals surface area contributed by atoms with Crippen LogP contribution in [0.5, 0.6) is 17.2 Å². The minimum Gasteiger partial charge on any atom is -0.508 e. The highest BCUT2D eigenvalue weighted by molar-refractivity contribution is 5.94. The van der Waals surface area contributed by atoms with E-state index in [2.05, 4.69) is 6.58 Å². The summed E-state index contributed by atoms with van der Waals surface area (Å²) in [6, 6.07) is 7.15. The first kappa shape index (κ1) is 20.5. The van der Waals surface area contributed by atoms with Crippen molar-refractivity contribution in [3.63, 3.8) is 0 Å². The van der Waals surface area contributed by atoms with Gasteiger partial charge in [0.2, 0.25) is 5.43 Å². The second kappa shape index (κ2) is 8.41. The van der Waals surface area contributed by atoms with E-state index in [0.717, 1.165) is 11.1 Å². The lowest BCUT2D eigenvalue weighted by Gasteiger charge is -2.10. The fourth-order valence-corrected chi connectivity index (χ4v) is 3.00. The molecule has 6 heteroatoms. The average Bonchev–Trinajstić information content (AvgIpc) is 2.66. The zero-order chi connectivity index (χ0) is 21.1. The molecular formula is C23H24O6. The van der Waals surface area contributed by atoms with E-state index >= 15 is 0 Å². The molecule has 0 saturated heterocycles. The van der Waals surface area contributed by atoms with Gasteiger partial charge in [0.05, 0.1) is 11.5 Å². The third-order valence-electron chi connectivity index (χ3n) is 4.77. The van der Waals surface area contributed by atoms with Crippen molar-refractivity contribution in [3.05, 3.63) is 64.4 Å². The van der Waals surface area contributed by atoms with Gasteiger partial charge in [0.15, 0.2) is 0 Å². The molecule has 3 N–H and O–H groups in total. The lowest BCUT2D eigenvalue weighted by atomic mass is 10.0. The molecule has 1 aromatic heterocycles. The van der Waals surface area contributed by atoms with Gasteiger partial charge in [0.1, 0.15) is 40.4 Å². The first-order valence-corrected chi connectivity index (χ1v) is 9.30. The first-order chi connectivity index (χ1) is 13.8. The average molecular weight is 396 g/mol. The number of benzene rings is 2. The second-order valence-electron chi connectivity index (χ2n) is 7.19. The molecule has 0 fully saturated rings. The summed E-state index contributed by atoms with van der Waals surface area (Å²) in [6.07, 6.45) is 2.69. The summed E-state index contributed by atoms with van der Waals surface area (Å²) in [5, 5.41) is 29.9. The fourth-order valence-electron chi connectivity index (χ4n) is 3.00. The van der Waals surface area contributed by atoms with Crippen LogP contribution in [0.3, 0.4) is 0 Å². The van der Waals surface area contributed by atoms with Crippen LogP contribution in [0.1, 0.15) is 26.7 Å². The van der Waals surface area contributed by atoms with Crippen LogP contribution in [0.4, 0.5) is 0 Å². The van der Waals surface area contributed by atoms with Gasteiger partial charge in [-0.05, 0) is 51.0 Å². The topological polar surface area (TPSA) is 100 Å². The molecule has 3 aromatic rings. The van der Waals surface area contributed by atoms with Crippen LogP contribution in [0, 0.1) is 0 Å². The van der Waals surface area contributed by atoms with Gasteiger partial charge in [-0.15, -0.1) is 0 Å². The number of rotatable bonds is 7. The van der Waals surface area contributed by atoms with E-state index in [-0.39, 0.29) is 34.5 Å². The fraction of sp³-hybridized carbons (Fsp3) is 0.261. The lowest BCUT2D eigenvalue weighted by Crippen LogP contribution is -2.07. The van der Waals surface area contributed by atoms with Crippen molar-refractivity contribution in [2.24, 2.45) is 0 Å². The molecule has 0 saturated carbocycles. The van der Waals surface area contributed by atoms with E-state index < -0.39 is 11.5 Å². The minimum atomic E-state index is -0.517. The zero-order valence-electron chi connectivity index (χ0n) is 16.4. The summed E-state index contributed by atoms with van der Waals surface area (Å²) < 4.78 is 11.4. The van der Waals surface area contributed by atoms with Crippen LogP contribution in [0.2, 0.25) is 0 Å². The van der Waals surface area contributed by atoms with Crippen molar-refractivity contribution < 1.29 is 24.5 Å². The maximum atomic E-state index is 12.6. The molecule has 0 aliphatic carbocycles. The summed E-state index contributed by atoms with van der Waals surface area (Å²) in [7, 11) is 0. The highest BCUT2D eigenvalue weighted by atomic mass is 16.5. The number of phenols is 2. The van der Waals surface area contributed by atoms with Crippen molar-refractivity contribution in [1.29, 1.82) is 0 Å². The van der Waals surface area contributed by atoms with Crippen molar-refractivity contribution >= 4 is 21.9 Å². The van der Waals surface area contributed by atoms with Gasteiger partial charge in [-0.25, -0.2) is 0 Å². The van der Waals surface area contributed by atoms with Gasteiger partial charge in [-0.2, -0.15) is 0 Å². The molecule has 0 spiro atoms. The third-order valence-corrected chi connectivity index (χ3v) is 4.77. The minimum absolute atomic E-state index is 0.0379. The largest absolute Gasteiger partial charge is 0.508 e. The number of hydrogen-bond donors (Lipinski definition) is 3. The normalized spacial score (nSPS) is 13.0. The maximum Gasteiger partial charge on any atom is 0.204 e. The smallest absolute Gasteiger partial charge is 0.204 e. The number of allylic oxidation sites excluding steroid dienone is 1. The molecule has 3 rings (SSSR count). The van der Waals surface area contributed by atoms with E-state index in [1.807, 2.05) is 13.0 Å². The molecule has 29 heavy (non-hydrogen) atoms. The Balaban J connectivity index is 1.80. The summed E-state index contributed by atoms with van der Waals surface area (Å²) in [4.78, 5) is 12.6. The van der Waals surface area contributed by atoms with Gasteiger partial charge in [-0.3, -0.25) is 4.79 Å². The van der Waals surface area contributed by atoms with Gasteiger partial charge in [0.25, 0.3) is 0 Å². The van der Waals surface area contributed by atoms with E-state index in [1.54, 1.807) is 13.0 Å². The van der Waals surface area contributed by atoms with Crippen LogP contribution < -0.4 is 10.2 Å². The Kier molecular flexibility index (Phi) is 5.94. The Labute approximate surface area is 168 Å². The molecule has 1 heterocycles. The molecule has 0 aliphatic heterocycles. The van der Waals surface area contributed by atoms with E-state index in [9.17, 15) is 20.1 Å². The predicted molar refractivity (Wildman–Crippen MR) is 113 cm³/mol. The SMILES string of the molecule is C=C(C)[C@H](O)CCC(C)=CCOc1cc(O)c2c(=O)c3cc(O)ccc3oc2c1. The van der Waals surface area contributed by atoms with Gasteiger partial charge in [0, 0.05) is 12.1 Å². The molecule has 1 atom stereocenters. The van der Waals surface area contributed by atoms with E-state index in [0.29, 0.717) is 24.2 Å². The van der Waals surface area contributed by atoms with Crippen molar-refractivity contribution in [2.45, 2.75) is 32.8 Å². The molecule has 6 nitrogen and oxygen atoms in total. The maximum absolute atomic E-state index is 12.6. The number of hydrogen-bond acceptors (Lipinski definition) is 6. The van der Waals surface area contributed by atoms with Gasteiger partial charge < -0.3 is 24.5 Å². The molecule has 0 aliphatic rings. The third kappa shape index (κ3) is 4.60. The van der Waals surface area contributed by atoms with Gasteiger partial charge in [-0.1, -0.05) is 17.7 Å². The number of aliphatic hydroxyl groups excluding tert-OH is 1. The number of aromatic hydroxyl groups is 2. The Bertz CT molecular complexity index is 1160. The molecule has 2 aromatic carbocycles.